The van der Waals surface area contributed by atoms with Gasteiger partial charge in [-0.15, -0.1) is 0 Å². The number of nitrogens with zero attached hydrogens (tertiary/aromatic N) is 1. The first-order valence-electron chi connectivity index (χ1n) is 5.92. The lowest BCUT2D eigenvalue weighted by atomic mass is 10.2. The molecule has 7 heteroatoms. The molecule has 1 heterocycles. The molecule has 0 aliphatic heterocycles. The zero-order valence-electron chi connectivity index (χ0n) is 10.9. The second-order valence-electron chi connectivity index (χ2n) is 4.40. The molecule has 110 valence electrons. The number of halogens is 4. The summed E-state index contributed by atoms with van der Waals surface area (Å²) in [5, 5.41) is 2.82. The molecule has 3 nitrogen and oxygen atoms in total. The zero-order chi connectivity index (χ0) is 15.6. The van der Waals surface area contributed by atoms with Gasteiger partial charge >= 0.3 is 0 Å². The maximum absolute atomic E-state index is 13.0. The molecule has 1 aromatic carbocycles. The minimum Gasteiger partial charge on any atom is -0.326 e. The highest BCUT2D eigenvalue weighted by Crippen LogP contribution is 2.24. The first kappa shape index (κ1) is 15.7. The summed E-state index contributed by atoms with van der Waals surface area (Å²) in [5.41, 5.74) is 1.00. The molecular weight excluding hydrogens is 321 g/mol. The van der Waals surface area contributed by atoms with Gasteiger partial charge < -0.3 is 5.32 Å². The number of pyridine rings is 1. The minimum atomic E-state index is -0.779. The Bertz CT molecular complexity index is 664. The SMILES string of the molecule is Cc1cc(Cl)c(CC(=O)Nc2cc(F)cc(F)c2)c(Cl)n1. The summed E-state index contributed by atoms with van der Waals surface area (Å²) in [4.78, 5) is 15.9. The van der Waals surface area contributed by atoms with Gasteiger partial charge in [-0.2, -0.15) is 0 Å². The van der Waals surface area contributed by atoms with Gasteiger partial charge in [0, 0.05) is 28.0 Å². The summed E-state index contributed by atoms with van der Waals surface area (Å²) >= 11 is 11.9. The number of carbonyl (C=O) groups excluding carboxylic acids is 1. The Morgan fingerprint density at radius 3 is 2.38 bits per heavy atom. The van der Waals surface area contributed by atoms with Crippen LogP contribution in [0.3, 0.4) is 0 Å². The van der Waals surface area contributed by atoms with Crippen LogP contribution in [0.4, 0.5) is 14.5 Å². The maximum atomic E-state index is 13.0. The number of aryl methyl sites for hydroxylation is 1. The van der Waals surface area contributed by atoms with E-state index < -0.39 is 17.5 Å². The fourth-order valence-corrected chi connectivity index (χ4v) is 2.44. The standard InChI is InChI=1S/C14H10Cl2F2N2O/c1-7-2-12(15)11(14(16)19-7)6-13(21)20-10-4-8(17)3-9(18)5-10/h2-5H,6H2,1H3,(H,20,21). The van der Waals surface area contributed by atoms with E-state index in [1.807, 2.05) is 0 Å². The molecule has 1 amide bonds. The molecule has 2 rings (SSSR count). The Morgan fingerprint density at radius 1 is 1.19 bits per heavy atom. The zero-order valence-corrected chi connectivity index (χ0v) is 12.4. The lowest BCUT2D eigenvalue weighted by Gasteiger charge is -2.09. The summed E-state index contributed by atoms with van der Waals surface area (Å²) in [6, 6.07) is 4.32. The molecule has 0 aliphatic carbocycles. The Balaban J connectivity index is 2.15. The molecule has 0 aliphatic rings. The predicted octanol–water partition coefficient (Wildman–Crippen LogP) is 4.16. The Morgan fingerprint density at radius 2 is 1.81 bits per heavy atom. The molecule has 0 saturated carbocycles. The second-order valence-corrected chi connectivity index (χ2v) is 5.16. The van der Waals surface area contributed by atoms with E-state index >= 15 is 0 Å². The first-order chi connectivity index (χ1) is 9.85. The molecule has 0 radical (unpaired) electrons. The maximum Gasteiger partial charge on any atom is 0.228 e. The van der Waals surface area contributed by atoms with Gasteiger partial charge in [0.25, 0.3) is 0 Å². The summed E-state index contributed by atoms with van der Waals surface area (Å²) in [6.07, 6.45) is -0.150. The molecule has 2 aromatic rings. The van der Waals surface area contributed by atoms with E-state index in [0.717, 1.165) is 12.1 Å². The molecule has 1 N–H and O–H groups in total. The molecule has 0 fully saturated rings. The van der Waals surface area contributed by atoms with E-state index in [4.69, 9.17) is 23.2 Å². The van der Waals surface area contributed by atoms with Crippen LogP contribution in [0.15, 0.2) is 24.3 Å². The van der Waals surface area contributed by atoms with Crippen LogP contribution in [0.1, 0.15) is 11.3 Å². The monoisotopic (exact) mass is 330 g/mol. The third-order valence-corrected chi connectivity index (χ3v) is 3.28. The van der Waals surface area contributed by atoms with E-state index in [1.165, 1.54) is 0 Å². The Kier molecular flexibility index (Phi) is 4.75. The van der Waals surface area contributed by atoms with Gasteiger partial charge in [0.1, 0.15) is 16.8 Å². The lowest BCUT2D eigenvalue weighted by Crippen LogP contribution is -2.15. The summed E-state index contributed by atoms with van der Waals surface area (Å²) in [5.74, 6) is -2.06. The van der Waals surface area contributed by atoms with Crippen LogP contribution >= 0.6 is 23.2 Å². The van der Waals surface area contributed by atoms with E-state index in [9.17, 15) is 13.6 Å². The number of anilines is 1. The van der Waals surface area contributed by atoms with Crippen molar-refractivity contribution in [3.05, 3.63) is 57.3 Å². The lowest BCUT2D eigenvalue weighted by molar-refractivity contribution is -0.115. The van der Waals surface area contributed by atoms with Crippen LogP contribution in [0, 0.1) is 18.6 Å². The molecule has 0 atom stereocenters. The fourth-order valence-electron chi connectivity index (χ4n) is 1.77. The van der Waals surface area contributed by atoms with Gasteiger partial charge in [0.05, 0.1) is 6.42 Å². The molecule has 0 saturated heterocycles. The van der Waals surface area contributed by atoms with Crippen LogP contribution < -0.4 is 5.32 Å². The second kappa shape index (κ2) is 6.37. The predicted molar refractivity (Wildman–Crippen MR) is 77.7 cm³/mol. The summed E-state index contributed by atoms with van der Waals surface area (Å²) in [7, 11) is 0. The van der Waals surface area contributed by atoms with Gasteiger partial charge in [0.15, 0.2) is 0 Å². The van der Waals surface area contributed by atoms with Crippen molar-refractivity contribution in [1.29, 1.82) is 0 Å². The molecule has 0 unspecified atom stereocenters. The number of nitrogens with one attached hydrogen (secondary N) is 1. The van der Waals surface area contributed by atoms with Crippen molar-refractivity contribution in [2.24, 2.45) is 0 Å². The van der Waals surface area contributed by atoms with E-state index in [1.54, 1.807) is 13.0 Å². The minimum absolute atomic E-state index is 0.0183. The summed E-state index contributed by atoms with van der Waals surface area (Å²) < 4.78 is 26.1. The van der Waals surface area contributed by atoms with Gasteiger partial charge in [-0.05, 0) is 25.1 Å². The van der Waals surface area contributed by atoms with Crippen molar-refractivity contribution in [2.45, 2.75) is 13.3 Å². The fraction of sp³-hybridized carbons (Fsp3) is 0.143. The number of hydrogen-bond donors (Lipinski definition) is 1. The number of rotatable bonds is 3. The van der Waals surface area contributed by atoms with Crippen molar-refractivity contribution in [2.75, 3.05) is 5.32 Å². The van der Waals surface area contributed by atoms with Gasteiger partial charge in [-0.25, -0.2) is 13.8 Å². The highest BCUT2D eigenvalue weighted by molar-refractivity contribution is 6.35. The van der Waals surface area contributed by atoms with Crippen LogP contribution in [0.5, 0.6) is 0 Å². The Hall–Kier alpha value is -1.72. The Labute approximate surface area is 129 Å². The highest BCUT2D eigenvalue weighted by Gasteiger charge is 2.13. The van der Waals surface area contributed by atoms with Gasteiger partial charge in [-0.3, -0.25) is 4.79 Å². The van der Waals surface area contributed by atoms with E-state index in [0.29, 0.717) is 22.3 Å². The quantitative estimate of drug-likeness (QED) is 0.859. The van der Waals surface area contributed by atoms with Crippen LogP contribution in [-0.2, 0) is 11.2 Å². The number of aromatic nitrogens is 1. The molecule has 0 bridgehead atoms. The van der Waals surface area contributed by atoms with Crippen LogP contribution in [-0.4, -0.2) is 10.9 Å². The normalized spacial score (nSPS) is 10.5. The third kappa shape index (κ3) is 4.12. The van der Waals surface area contributed by atoms with Crippen molar-refractivity contribution < 1.29 is 13.6 Å². The number of carbonyl (C=O) groups is 1. The average molecular weight is 331 g/mol. The van der Waals surface area contributed by atoms with E-state index in [-0.39, 0.29) is 17.3 Å². The van der Waals surface area contributed by atoms with Gasteiger partial charge in [0.2, 0.25) is 5.91 Å². The number of hydrogen-bond acceptors (Lipinski definition) is 2. The largest absolute Gasteiger partial charge is 0.326 e. The van der Waals surface area contributed by atoms with Crippen LogP contribution in [0.25, 0.3) is 0 Å². The average Bonchev–Trinajstić information content (AvgIpc) is 2.32. The van der Waals surface area contributed by atoms with Crippen LogP contribution in [0.2, 0.25) is 10.2 Å². The molecule has 21 heavy (non-hydrogen) atoms. The highest BCUT2D eigenvalue weighted by atomic mass is 35.5. The van der Waals surface area contributed by atoms with Crippen molar-refractivity contribution in [3.8, 4) is 0 Å². The topological polar surface area (TPSA) is 42.0 Å². The molecular formula is C14H10Cl2F2N2O. The smallest absolute Gasteiger partial charge is 0.228 e. The third-order valence-electron chi connectivity index (χ3n) is 2.63. The van der Waals surface area contributed by atoms with E-state index in [2.05, 4.69) is 10.3 Å². The van der Waals surface area contributed by atoms with Crippen molar-refractivity contribution in [1.82, 2.24) is 4.98 Å². The number of amides is 1. The van der Waals surface area contributed by atoms with Crippen molar-refractivity contribution >= 4 is 34.8 Å². The first-order valence-corrected chi connectivity index (χ1v) is 6.68. The summed E-state index contributed by atoms with van der Waals surface area (Å²) in [6.45, 7) is 1.72. The van der Waals surface area contributed by atoms with Crippen molar-refractivity contribution in [3.63, 3.8) is 0 Å². The molecule has 0 spiro atoms. The molecule has 1 aromatic heterocycles. The number of benzene rings is 1. The van der Waals surface area contributed by atoms with Gasteiger partial charge in [-0.1, -0.05) is 23.2 Å².